The fraction of sp³-hybridized carbons (Fsp3) is 0.200. The van der Waals surface area contributed by atoms with E-state index >= 15 is 0 Å². The van der Waals surface area contributed by atoms with E-state index in [9.17, 15) is 20.2 Å². The highest BCUT2D eigenvalue weighted by Gasteiger charge is 2.37. The molecular formula is C15H14N2O4. The Balaban J connectivity index is 2.46. The van der Waals surface area contributed by atoms with Gasteiger partial charge in [-0.05, 0) is 5.56 Å². The van der Waals surface area contributed by atoms with Crippen molar-refractivity contribution in [2.75, 3.05) is 6.54 Å². The summed E-state index contributed by atoms with van der Waals surface area (Å²) in [4.78, 5) is 21.5. The number of benzene rings is 2. The summed E-state index contributed by atoms with van der Waals surface area (Å²) in [5.74, 6) is -0.807. The zero-order valence-corrected chi connectivity index (χ0v) is 11.2. The quantitative estimate of drug-likeness (QED) is 0.603. The van der Waals surface area contributed by atoms with Gasteiger partial charge in [0, 0.05) is 15.4 Å². The van der Waals surface area contributed by atoms with Crippen molar-refractivity contribution >= 4 is 0 Å². The maximum atomic E-state index is 11.5. The van der Waals surface area contributed by atoms with Crippen LogP contribution in [0.4, 0.5) is 0 Å². The number of hydrogen-bond acceptors (Lipinski definition) is 4. The Labute approximate surface area is 121 Å². The Morgan fingerprint density at radius 3 is 1.71 bits per heavy atom. The lowest BCUT2D eigenvalue weighted by Crippen LogP contribution is -2.25. The Morgan fingerprint density at radius 1 is 0.810 bits per heavy atom. The van der Waals surface area contributed by atoms with Crippen LogP contribution in [0.5, 0.6) is 0 Å². The molecule has 0 amide bonds. The van der Waals surface area contributed by atoms with E-state index in [-0.39, 0.29) is 0 Å². The lowest BCUT2D eigenvalue weighted by Gasteiger charge is -2.18. The van der Waals surface area contributed by atoms with Gasteiger partial charge in [0.05, 0.1) is 0 Å². The average Bonchev–Trinajstić information content (AvgIpc) is 2.48. The lowest BCUT2D eigenvalue weighted by atomic mass is 9.87. The third-order valence-corrected chi connectivity index (χ3v) is 3.32. The maximum Gasteiger partial charge on any atom is 0.251 e. The Hall–Kier alpha value is -2.76. The molecule has 0 bridgehead atoms. The van der Waals surface area contributed by atoms with E-state index in [1.165, 1.54) is 0 Å². The zero-order chi connectivity index (χ0) is 15.2. The van der Waals surface area contributed by atoms with Gasteiger partial charge in [-0.1, -0.05) is 60.7 Å². The van der Waals surface area contributed by atoms with Crippen molar-refractivity contribution in [2.45, 2.75) is 12.0 Å². The van der Waals surface area contributed by atoms with Crippen LogP contribution in [0.2, 0.25) is 0 Å². The summed E-state index contributed by atoms with van der Waals surface area (Å²) >= 11 is 0. The largest absolute Gasteiger partial charge is 0.265 e. The molecule has 0 aliphatic carbocycles. The van der Waals surface area contributed by atoms with Gasteiger partial charge in [0.25, 0.3) is 6.04 Å². The van der Waals surface area contributed by atoms with Crippen LogP contribution in [-0.2, 0) is 0 Å². The molecule has 0 fully saturated rings. The van der Waals surface area contributed by atoms with E-state index < -0.39 is 28.4 Å². The molecule has 0 unspecified atom stereocenters. The fourth-order valence-corrected chi connectivity index (χ4v) is 2.40. The normalized spacial score (nSPS) is 13.3. The summed E-state index contributed by atoms with van der Waals surface area (Å²) in [5.41, 5.74) is 1.07. The monoisotopic (exact) mass is 286 g/mol. The van der Waals surface area contributed by atoms with Gasteiger partial charge in [-0.15, -0.1) is 0 Å². The van der Waals surface area contributed by atoms with E-state index in [4.69, 9.17) is 0 Å². The van der Waals surface area contributed by atoms with Gasteiger partial charge in [0.2, 0.25) is 6.54 Å². The van der Waals surface area contributed by atoms with Gasteiger partial charge in [-0.25, -0.2) is 0 Å². The van der Waals surface area contributed by atoms with Gasteiger partial charge in [-0.3, -0.25) is 20.2 Å². The maximum absolute atomic E-state index is 11.5. The van der Waals surface area contributed by atoms with Gasteiger partial charge in [0.1, 0.15) is 5.92 Å². The van der Waals surface area contributed by atoms with Gasteiger partial charge in [0.15, 0.2) is 0 Å². The molecule has 6 nitrogen and oxygen atoms in total. The minimum atomic E-state index is -1.14. The first-order valence-corrected chi connectivity index (χ1v) is 6.45. The van der Waals surface area contributed by atoms with Crippen LogP contribution in [0.1, 0.15) is 23.1 Å². The molecule has 2 aromatic rings. The Bertz CT molecular complexity index is 616. The minimum Gasteiger partial charge on any atom is -0.265 e. The van der Waals surface area contributed by atoms with Crippen molar-refractivity contribution in [3.8, 4) is 0 Å². The lowest BCUT2D eigenvalue weighted by molar-refractivity contribution is -0.552. The van der Waals surface area contributed by atoms with E-state index in [0.717, 1.165) is 0 Å². The first-order chi connectivity index (χ1) is 10.1. The predicted molar refractivity (Wildman–Crippen MR) is 77.2 cm³/mol. The van der Waals surface area contributed by atoms with Gasteiger partial charge < -0.3 is 0 Å². The minimum absolute atomic E-state index is 0.448. The summed E-state index contributed by atoms with van der Waals surface area (Å²) in [6.45, 7) is -0.482. The molecule has 2 rings (SSSR count). The van der Waals surface area contributed by atoms with Crippen molar-refractivity contribution in [1.82, 2.24) is 0 Å². The van der Waals surface area contributed by atoms with Gasteiger partial charge in [-0.2, -0.15) is 0 Å². The molecule has 2 atom stereocenters. The van der Waals surface area contributed by atoms with Crippen molar-refractivity contribution in [1.29, 1.82) is 0 Å². The molecule has 0 aliphatic heterocycles. The van der Waals surface area contributed by atoms with Crippen molar-refractivity contribution in [2.24, 2.45) is 0 Å². The van der Waals surface area contributed by atoms with Crippen LogP contribution in [-0.4, -0.2) is 16.4 Å². The molecule has 2 aromatic carbocycles. The summed E-state index contributed by atoms with van der Waals surface area (Å²) < 4.78 is 0. The van der Waals surface area contributed by atoms with Crippen molar-refractivity contribution in [3.63, 3.8) is 0 Å². The first kappa shape index (κ1) is 14.6. The van der Waals surface area contributed by atoms with E-state index in [0.29, 0.717) is 11.1 Å². The van der Waals surface area contributed by atoms with Crippen LogP contribution in [0.3, 0.4) is 0 Å². The standard InChI is InChI=1S/C15H14N2O4/c18-16(19)11-14(12-7-3-1-4-8-12)15(17(20)21)13-9-5-2-6-10-13/h1-10,14-15H,11H2/t14-,15+/m0/s1. The van der Waals surface area contributed by atoms with E-state index in [1.54, 1.807) is 60.7 Å². The molecule has 0 N–H and O–H groups in total. The van der Waals surface area contributed by atoms with Crippen molar-refractivity contribution < 1.29 is 9.85 Å². The number of nitro groups is 2. The second kappa shape index (κ2) is 6.60. The summed E-state index contributed by atoms with van der Waals surface area (Å²) in [6, 6.07) is 15.9. The summed E-state index contributed by atoms with van der Waals surface area (Å²) in [5, 5.41) is 22.4. The molecule has 0 saturated carbocycles. The number of hydrogen-bond donors (Lipinski definition) is 0. The highest BCUT2D eigenvalue weighted by atomic mass is 16.6. The second-order valence-corrected chi connectivity index (χ2v) is 4.67. The third-order valence-electron chi connectivity index (χ3n) is 3.32. The molecule has 0 heterocycles. The molecule has 0 aromatic heterocycles. The average molecular weight is 286 g/mol. The molecule has 21 heavy (non-hydrogen) atoms. The molecular weight excluding hydrogens is 272 g/mol. The van der Waals surface area contributed by atoms with Crippen LogP contribution < -0.4 is 0 Å². The van der Waals surface area contributed by atoms with Crippen molar-refractivity contribution in [3.05, 3.63) is 92.0 Å². The molecule has 0 saturated heterocycles. The van der Waals surface area contributed by atoms with Crippen LogP contribution in [0.25, 0.3) is 0 Å². The predicted octanol–water partition coefficient (Wildman–Crippen LogP) is 3.06. The van der Waals surface area contributed by atoms with Crippen LogP contribution in [0, 0.1) is 20.2 Å². The topological polar surface area (TPSA) is 86.3 Å². The van der Waals surface area contributed by atoms with E-state index in [1.807, 2.05) is 0 Å². The molecule has 0 radical (unpaired) electrons. The van der Waals surface area contributed by atoms with E-state index in [2.05, 4.69) is 0 Å². The summed E-state index contributed by atoms with van der Waals surface area (Å²) in [7, 11) is 0. The molecule has 0 spiro atoms. The highest BCUT2D eigenvalue weighted by Crippen LogP contribution is 2.33. The fourth-order valence-electron chi connectivity index (χ4n) is 2.40. The Kier molecular flexibility index (Phi) is 4.61. The number of nitrogens with zero attached hydrogens (tertiary/aromatic N) is 2. The van der Waals surface area contributed by atoms with Crippen LogP contribution >= 0.6 is 0 Å². The highest BCUT2D eigenvalue weighted by molar-refractivity contribution is 5.26. The molecule has 6 heteroatoms. The smallest absolute Gasteiger partial charge is 0.251 e. The number of rotatable bonds is 6. The Morgan fingerprint density at radius 2 is 1.29 bits per heavy atom. The van der Waals surface area contributed by atoms with Gasteiger partial charge >= 0.3 is 0 Å². The second-order valence-electron chi connectivity index (χ2n) is 4.67. The van der Waals surface area contributed by atoms with Crippen LogP contribution in [0.15, 0.2) is 60.7 Å². The third kappa shape index (κ3) is 3.62. The summed E-state index contributed by atoms with van der Waals surface area (Å²) in [6.07, 6.45) is 0. The molecule has 108 valence electrons. The zero-order valence-electron chi connectivity index (χ0n) is 11.2. The first-order valence-electron chi connectivity index (χ1n) is 6.45. The molecule has 0 aliphatic rings. The SMILES string of the molecule is O=[N+]([O-])C[C@@H](c1ccccc1)[C@@H](c1ccccc1)[N+](=O)[O-].